The van der Waals surface area contributed by atoms with E-state index in [-0.39, 0.29) is 16.2 Å². The third kappa shape index (κ3) is 10.6. The minimum Gasteiger partial charge on any atom is -0.493 e. The molecule has 5 nitrogen and oxygen atoms in total. The predicted molar refractivity (Wildman–Crippen MR) is 248 cm³/mol. The third-order valence-corrected chi connectivity index (χ3v) is 12.0. The van der Waals surface area contributed by atoms with Crippen molar-refractivity contribution in [2.45, 2.75) is 158 Å². The van der Waals surface area contributed by atoms with Crippen LogP contribution >= 0.6 is 15.9 Å². The number of hydrogen-bond acceptors (Lipinski definition) is 5. The van der Waals surface area contributed by atoms with Crippen LogP contribution in [0.3, 0.4) is 0 Å². The molecule has 1 aliphatic rings. The van der Waals surface area contributed by atoms with Crippen molar-refractivity contribution in [2.75, 3.05) is 32.2 Å². The van der Waals surface area contributed by atoms with Crippen LogP contribution in [0, 0.1) is 0 Å². The fraction of sp³-hybridized carbons (Fsp3) is 0.538. The van der Waals surface area contributed by atoms with Crippen molar-refractivity contribution in [1.29, 1.82) is 0 Å². The predicted octanol–water partition coefficient (Wildman–Crippen LogP) is 13.8. The maximum Gasteiger partial charge on any atom is 0.127 e. The Morgan fingerprint density at radius 1 is 0.431 bits per heavy atom. The lowest BCUT2D eigenvalue weighted by Gasteiger charge is -2.29. The van der Waals surface area contributed by atoms with E-state index in [2.05, 4.69) is 148 Å². The Bertz CT molecular complexity index is 2060. The summed E-state index contributed by atoms with van der Waals surface area (Å²) in [5.41, 5.74) is 20.3. The van der Waals surface area contributed by atoms with Crippen molar-refractivity contribution in [1.82, 2.24) is 0 Å². The number of anilines is 1. The number of ether oxygens (including phenoxy) is 4. The molecule has 5 rings (SSSR count). The summed E-state index contributed by atoms with van der Waals surface area (Å²) < 4.78 is 28.3. The molecule has 0 radical (unpaired) electrons. The normalized spacial score (nSPS) is 13.3. The van der Waals surface area contributed by atoms with Gasteiger partial charge in [-0.1, -0.05) is 126 Å². The SMILES string of the molecule is CCCOc1c2cc(C(C)(C)C)cc1Cc1cc(C(C)(C)C)cc(c1OCCC)Cc1c(Br)c(N)cc(c1OCCC)Cc1cc(C(C)(C)C)cc(c1OCCC)C2. The topological polar surface area (TPSA) is 62.9 Å². The molecule has 58 heavy (non-hydrogen) atoms. The van der Waals surface area contributed by atoms with E-state index >= 15 is 0 Å². The largest absolute Gasteiger partial charge is 0.493 e. The van der Waals surface area contributed by atoms with Gasteiger partial charge < -0.3 is 24.7 Å². The molecule has 0 spiro atoms. The van der Waals surface area contributed by atoms with Crippen LogP contribution < -0.4 is 24.7 Å². The van der Waals surface area contributed by atoms with E-state index in [4.69, 9.17) is 24.7 Å². The molecule has 1 aliphatic carbocycles. The van der Waals surface area contributed by atoms with E-state index in [1.807, 2.05) is 0 Å². The average molecular weight is 855 g/mol. The Labute approximate surface area is 359 Å². The molecule has 0 heterocycles. The maximum absolute atomic E-state index is 6.97. The number of hydrogen-bond donors (Lipinski definition) is 1. The second-order valence-corrected chi connectivity index (χ2v) is 20.3. The molecule has 0 unspecified atom stereocenters. The molecule has 2 N–H and O–H groups in total. The number of halogens is 1. The smallest absolute Gasteiger partial charge is 0.127 e. The van der Waals surface area contributed by atoms with Gasteiger partial charge in [-0.3, -0.25) is 0 Å². The Morgan fingerprint density at radius 3 is 0.966 bits per heavy atom. The molecule has 0 aromatic heterocycles. The first-order valence-corrected chi connectivity index (χ1v) is 22.7. The van der Waals surface area contributed by atoms with Gasteiger partial charge in [0.1, 0.15) is 23.0 Å². The van der Waals surface area contributed by atoms with E-state index in [9.17, 15) is 0 Å². The Hall–Kier alpha value is -3.64. The van der Waals surface area contributed by atoms with Crippen LogP contribution in [0.25, 0.3) is 0 Å². The van der Waals surface area contributed by atoms with Gasteiger partial charge >= 0.3 is 0 Å². The molecule has 0 atom stereocenters. The van der Waals surface area contributed by atoms with Gasteiger partial charge in [0, 0.05) is 47.0 Å². The third-order valence-electron chi connectivity index (χ3n) is 11.1. The summed E-state index contributed by atoms with van der Waals surface area (Å²) in [6.45, 7) is 31.9. The summed E-state index contributed by atoms with van der Waals surface area (Å²) in [7, 11) is 0. The van der Waals surface area contributed by atoms with Crippen LogP contribution in [0.5, 0.6) is 23.0 Å². The summed E-state index contributed by atoms with van der Waals surface area (Å²) in [4.78, 5) is 0. The first-order chi connectivity index (χ1) is 27.3. The summed E-state index contributed by atoms with van der Waals surface area (Å²) in [6.07, 6.45) is 6.16. The molecule has 0 saturated heterocycles. The minimum atomic E-state index is -0.102. The van der Waals surface area contributed by atoms with Crippen molar-refractivity contribution >= 4 is 21.6 Å². The lowest BCUT2D eigenvalue weighted by atomic mass is 9.80. The minimum absolute atomic E-state index is 0.0859. The standard InChI is InChI=1S/C52H72BrNO4/c1-14-18-55-46-33-22-34-26-41(51(8,9)10)29-37(47(34)56-19-15-2)24-38-32-44(54)45(53)43(49(38)58-21-17-4)31-39-30-42(52(11,12)13)28-36(48(39)57-20-16-3)23-35(46)27-40(25-33)50(5,6)7/h25-30,32H,14-24,31,54H2,1-13H3. The van der Waals surface area contributed by atoms with Gasteiger partial charge in [0.15, 0.2) is 0 Å². The highest BCUT2D eigenvalue weighted by Gasteiger charge is 2.29. The number of rotatable bonds is 12. The van der Waals surface area contributed by atoms with E-state index in [0.29, 0.717) is 57.8 Å². The average Bonchev–Trinajstić information content (AvgIpc) is 3.13. The lowest BCUT2D eigenvalue weighted by molar-refractivity contribution is 0.304. The molecule has 4 aromatic rings. The van der Waals surface area contributed by atoms with Crippen LogP contribution in [-0.2, 0) is 41.9 Å². The summed E-state index contributed by atoms with van der Waals surface area (Å²) >= 11 is 3.99. The number of fused-ring (bicyclic) bond motifs is 8. The quantitative estimate of drug-likeness (QED) is 0.127. The zero-order chi connectivity index (χ0) is 42.6. The van der Waals surface area contributed by atoms with Crippen LogP contribution in [-0.4, -0.2) is 26.4 Å². The molecule has 4 aromatic carbocycles. The summed E-state index contributed by atoms with van der Waals surface area (Å²) in [5, 5.41) is 0. The van der Waals surface area contributed by atoms with Gasteiger partial charge in [-0.25, -0.2) is 0 Å². The summed E-state index contributed by atoms with van der Waals surface area (Å²) in [5.74, 6) is 3.76. The first kappa shape index (κ1) is 45.4. The van der Waals surface area contributed by atoms with E-state index in [1.54, 1.807) is 0 Å². The molecule has 0 amide bonds. The zero-order valence-corrected chi connectivity index (χ0v) is 39.7. The molecule has 8 bridgehead atoms. The van der Waals surface area contributed by atoms with Gasteiger partial charge in [-0.2, -0.15) is 0 Å². The molecular weight excluding hydrogens is 782 g/mol. The highest BCUT2D eigenvalue weighted by molar-refractivity contribution is 9.10. The van der Waals surface area contributed by atoms with Crippen molar-refractivity contribution in [3.63, 3.8) is 0 Å². The fourth-order valence-electron chi connectivity index (χ4n) is 7.78. The first-order valence-electron chi connectivity index (χ1n) is 21.9. The number of benzene rings is 4. The molecule has 6 heteroatoms. The van der Waals surface area contributed by atoms with Crippen molar-refractivity contribution in [3.05, 3.63) is 108 Å². The lowest BCUT2D eigenvalue weighted by Crippen LogP contribution is -2.17. The van der Waals surface area contributed by atoms with Crippen molar-refractivity contribution in [2.24, 2.45) is 0 Å². The van der Waals surface area contributed by atoms with Crippen molar-refractivity contribution < 1.29 is 18.9 Å². The second kappa shape index (κ2) is 18.7. The Balaban J connectivity index is 2.00. The second-order valence-electron chi connectivity index (χ2n) is 19.5. The van der Waals surface area contributed by atoms with Gasteiger partial charge in [0.05, 0.1) is 26.4 Å². The number of nitrogen functional groups attached to an aromatic ring is 1. The Kier molecular flexibility index (Phi) is 14.7. The van der Waals surface area contributed by atoms with Crippen LogP contribution in [0.15, 0.2) is 46.9 Å². The molecule has 316 valence electrons. The number of nitrogens with two attached hydrogens (primary N) is 1. The van der Waals surface area contributed by atoms with E-state index < -0.39 is 0 Å². The van der Waals surface area contributed by atoms with E-state index in [0.717, 1.165) is 75.4 Å². The maximum atomic E-state index is 6.97. The van der Waals surface area contributed by atoms with Gasteiger partial charge in [-0.15, -0.1) is 0 Å². The Morgan fingerprint density at radius 2 is 0.690 bits per heavy atom. The fourth-order valence-corrected chi connectivity index (χ4v) is 8.22. The molecule has 0 saturated carbocycles. The van der Waals surface area contributed by atoms with E-state index in [1.165, 1.54) is 38.9 Å². The molecule has 0 fully saturated rings. The molecular formula is C52H72BrNO4. The highest BCUT2D eigenvalue weighted by Crippen LogP contribution is 2.45. The zero-order valence-electron chi connectivity index (χ0n) is 38.1. The van der Waals surface area contributed by atoms with Crippen LogP contribution in [0.1, 0.15) is 177 Å². The highest BCUT2D eigenvalue weighted by atomic mass is 79.9. The van der Waals surface area contributed by atoms with Gasteiger partial charge in [-0.05, 0) is 114 Å². The van der Waals surface area contributed by atoms with Gasteiger partial charge in [0.2, 0.25) is 0 Å². The summed E-state index contributed by atoms with van der Waals surface area (Å²) in [6, 6.07) is 16.4. The van der Waals surface area contributed by atoms with Crippen LogP contribution in [0.4, 0.5) is 5.69 Å². The van der Waals surface area contributed by atoms with Crippen LogP contribution in [0.2, 0.25) is 0 Å². The van der Waals surface area contributed by atoms with Crippen molar-refractivity contribution in [3.8, 4) is 23.0 Å². The van der Waals surface area contributed by atoms with Gasteiger partial charge in [0.25, 0.3) is 0 Å². The monoisotopic (exact) mass is 853 g/mol. The molecule has 0 aliphatic heterocycles.